The molecule has 1 aliphatic heterocycles. The summed E-state index contributed by atoms with van der Waals surface area (Å²) in [6.45, 7) is 2.59. The monoisotopic (exact) mass is 365 g/mol. The van der Waals surface area contributed by atoms with Crippen molar-refractivity contribution in [3.05, 3.63) is 77.7 Å². The third-order valence-corrected chi connectivity index (χ3v) is 4.74. The molecule has 1 atom stereocenters. The summed E-state index contributed by atoms with van der Waals surface area (Å²) >= 11 is 0. The number of rotatable bonds is 5. The van der Waals surface area contributed by atoms with Crippen LogP contribution in [0.3, 0.4) is 0 Å². The quantitative estimate of drug-likeness (QED) is 0.752. The third kappa shape index (κ3) is 4.06. The SMILES string of the molecule is O=C(N[C@H]1CCN(Cc2ccccc2)C1)c1cc(-c2ccccc2F)on1. The Labute approximate surface area is 156 Å². The van der Waals surface area contributed by atoms with Gasteiger partial charge >= 0.3 is 0 Å². The van der Waals surface area contributed by atoms with E-state index < -0.39 is 5.82 Å². The molecular weight excluding hydrogens is 345 g/mol. The zero-order valence-electron chi connectivity index (χ0n) is 14.8. The maximum atomic E-state index is 13.8. The van der Waals surface area contributed by atoms with Gasteiger partial charge in [-0.25, -0.2) is 4.39 Å². The molecule has 1 amide bonds. The summed E-state index contributed by atoms with van der Waals surface area (Å²) in [4.78, 5) is 14.8. The van der Waals surface area contributed by atoms with Crippen molar-refractivity contribution in [3.63, 3.8) is 0 Å². The molecule has 0 bridgehead atoms. The van der Waals surface area contributed by atoms with Crippen LogP contribution < -0.4 is 5.32 Å². The molecule has 2 aromatic carbocycles. The maximum absolute atomic E-state index is 13.8. The first-order valence-electron chi connectivity index (χ1n) is 8.98. The van der Waals surface area contributed by atoms with Crippen LogP contribution >= 0.6 is 0 Å². The minimum absolute atomic E-state index is 0.0647. The van der Waals surface area contributed by atoms with Crippen LogP contribution in [0, 0.1) is 5.82 Å². The van der Waals surface area contributed by atoms with Crippen molar-refractivity contribution in [1.82, 2.24) is 15.4 Å². The molecule has 0 radical (unpaired) electrons. The average Bonchev–Trinajstić information content (AvgIpc) is 3.33. The molecule has 0 unspecified atom stereocenters. The number of halogens is 1. The van der Waals surface area contributed by atoms with Crippen molar-refractivity contribution in [3.8, 4) is 11.3 Å². The lowest BCUT2D eigenvalue weighted by Crippen LogP contribution is -2.37. The number of nitrogens with zero attached hydrogens (tertiary/aromatic N) is 2. The largest absolute Gasteiger partial charge is 0.355 e. The summed E-state index contributed by atoms with van der Waals surface area (Å²) in [5.74, 6) is -0.462. The minimum Gasteiger partial charge on any atom is -0.355 e. The van der Waals surface area contributed by atoms with E-state index in [0.29, 0.717) is 5.56 Å². The Hall–Kier alpha value is -2.99. The molecule has 1 aliphatic rings. The van der Waals surface area contributed by atoms with Gasteiger partial charge in [-0.15, -0.1) is 0 Å². The van der Waals surface area contributed by atoms with E-state index in [1.54, 1.807) is 18.2 Å². The lowest BCUT2D eigenvalue weighted by Gasteiger charge is -2.16. The molecule has 27 heavy (non-hydrogen) atoms. The number of carbonyl (C=O) groups excluding carboxylic acids is 1. The molecule has 138 valence electrons. The van der Waals surface area contributed by atoms with Crippen LogP contribution in [0.15, 0.2) is 65.2 Å². The van der Waals surface area contributed by atoms with Crippen LogP contribution in [0.1, 0.15) is 22.5 Å². The van der Waals surface area contributed by atoms with Crippen molar-refractivity contribution >= 4 is 5.91 Å². The standard InChI is InChI=1S/C21H20FN3O2/c22-18-9-5-4-8-17(18)20-12-19(24-27-20)21(26)23-16-10-11-25(14-16)13-15-6-2-1-3-7-15/h1-9,12,16H,10-11,13-14H2,(H,23,26)/t16-/m0/s1. The van der Waals surface area contributed by atoms with Gasteiger partial charge in [0.1, 0.15) is 5.82 Å². The lowest BCUT2D eigenvalue weighted by molar-refractivity contribution is 0.0928. The summed E-state index contributed by atoms with van der Waals surface area (Å²) in [5, 5.41) is 6.79. The van der Waals surface area contributed by atoms with Gasteiger partial charge < -0.3 is 9.84 Å². The van der Waals surface area contributed by atoms with Crippen LogP contribution in [0.2, 0.25) is 0 Å². The Morgan fingerprint density at radius 2 is 1.96 bits per heavy atom. The Morgan fingerprint density at radius 3 is 2.78 bits per heavy atom. The highest BCUT2D eigenvalue weighted by molar-refractivity contribution is 5.93. The predicted molar refractivity (Wildman–Crippen MR) is 99.5 cm³/mol. The third-order valence-electron chi connectivity index (χ3n) is 4.74. The van der Waals surface area contributed by atoms with E-state index in [0.717, 1.165) is 26.1 Å². The number of aromatic nitrogens is 1. The van der Waals surface area contributed by atoms with Crippen LogP contribution in [0.5, 0.6) is 0 Å². The van der Waals surface area contributed by atoms with E-state index in [1.165, 1.54) is 17.7 Å². The van der Waals surface area contributed by atoms with Gasteiger partial charge in [0, 0.05) is 31.7 Å². The molecule has 0 spiro atoms. The molecular formula is C21H20FN3O2. The minimum atomic E-state index is -0.409. The second-order valence-corrected chi connectivity index (χ2v) is 6.74. The van der Waals surface area contributed by atoms with E-state index in [9.17, 15) is 9.18 Å². The molecule has 1 aromatic heterocycles. The predicted octanol–water partition coefficient (Wildman–Crippen LogP) is 3.49. The Bertz CT molecular complexity index is 926. The number of hydrogen-bond acceptors (Lipinski definition) is 4. The normalized spacial score (nSPS) is 17.1. The van der Waals surface area contributed by atoms with Crippen LogP contribution in [-0.4, -0.2) is 35.1 Å². The first kappa shape index (κ1) is 17.4. The summed E-state index contributed by atoms with van der Waals surface area (Å²) < 4.78 is 19.0. The van der Waals surface area contributed by atoms with Crippen molar-refractivity contribution in [2.75, 3.05) is 13.1 Å². The van der Waals surface area contributed by atoms with Crippen molar-refractivity contribution in [2.24, 2.45) is 0 Å². The van der Waals surface area contributed by atoms with Crippen LogP contribution in [0.25, 0.3) is 11.3 Å². The first-order chi connectivity index (χ1) is 13.2. The second kappa shape index (κ2) is 7.72. The molecule has 6 heteroatoms. The van der Waals surface area contributed by atoms with Crippen LogP contribution in [0.4, 0.5) is 4.39 Å². The highest BCUT2D eigenvalue weighted by atomic mass is 19.1. The van der Waals surface area contributed by atoms with Gasteiger partial charge in [-0.3, -0.25) is 9.69 Å². The Kier molecular flexibility index (Phi) is 4.98. The molecule has 0 aliphatic carbocycles. The fourth-order valence-electron chi connectivity index (χ4n) is 3.37. The molecule has 1 N–H and O–H groups in total. The van der Waals surface area contributed by atoms with Crippen molar-refractivity contribution in [1.29, 1.82) is 0 Å². The van der Waals surface area contributed by atoms with E-state index in [1.807, 2.05) is 18.2 Å². The van der Waals surface area contributed by atoms with Gasteiger partial charge in [0.05, 0.1) is 5.56 Å². The number of nitrogens with one attached hydrogen (secondary N) is 1. The number of carbonyl (C=O) groups is 1. The molecule has 5 nitrogen and oxygen atoms in total. The molecule has 2 heterocycles. The summed E-state index contributed by atoms with van der Waals surface area (Å²) in [6, 6.07) is 18.1. The second-order valence-electron chi connectivity index (χ2n) is 6.74. The van der Waals surface area contributed by atoms with Gasteiger partial charge in [0.15, 0.2) is 11.5 Å². The molecule has 4 rings (SSSR count). The van der Waals surface area contributed by atoms with Gasteiger partial charge in [-0.1, -0.05) is 47.6 Å². The van der Waals surface area contributed by atoms with Gasteiger partial charge in [-0.2, -0.15) is 0 Å². The van der Waals surface area contributed by atoms with Gasteiger partial charge in [-0.05, 0) is 24.1 Å². The number of likely N-dealkylation sites (tertiary alicyclic amines) is 1. The van der Waals surface area contributed by atoms with E-state index in [4.69, 9.17) is 4.52 Å². The summed E-state index contributed by atoms with van der Waals surface area (Å²) in [7, 11) is 0. The molecule has 3 aromatic rings. The molecule has 1 saturated heterocycles. The summed E-state index contributed by atoms with van der Waals surface area (Å²) in [5.41, 5.74) is 1.71. The first-order valence-corrected chi connectivity index (χ1v) is 8.98. The van der Waals surface area contributed by atoms with Crippen LogP contribution in [-0.2, 0) is 6.54 Å². The smallest absolute Gasteiger partial charge is 0.273 e. The van der Waals surface area contributed by atoms with Gasteiger partial charge in [0.2, 0.25) is 0 Å². The van der Waals surface area contributed by atoms with Crippen molar-refractivity contribution < 1.29 is 13.7 Å². The Morgan fingerprint density at radius 1 is 1.19 bits per heavy atom. The number of amides is 1. The van der Waals surface area contributed by atoms with E-state index in [2.05, 4.69) is 27.5 Å². The highest BCUT2D eigenvalue weighted by Crippen LogP contribution is 2.23. The number of benzene rings is 2. The lowest BCUT2D eigenvalue weighted by atomic mass is 10.1. The highest BCUT2D eigenvalue weighted by Gasteiger charge is 2.25. The van der Waals surface area contributed by atoms with E-state index in [-0.39, 0.29) is 23.4 Å². The van der Waals surface area contributed by atoms with Gasteiger partial charge in [0.25, 0.3) is 5.91 Å². The van der Waals surface area contributed by atoms with Crippen molar-refractivity contribution in [2.45, 2.75) is 19.0 Å². The zero-order chi connectivity index (χ0) is 18.6. The maximum Gasteiger partial charge on any atom is 0.273 e. The fourth-order valence-corrected chi connectivity index (χ4v) is 3.37. The topological polar surface area (TPSA) is 58.4 Å². The summed E-state index contributed by atoms with van der Waals surface area (Å²) in [6.07, 6.45) is 0.886. The Balaban J connectivity index is 1.35. The van der Waals surface area contributed by atoms with E-state index >= 15 is 0 Å². The average molecular weight is 365 g/mol. The zero-order valence-corrected chi connectivity index (χ0v) is 14.8. The molecule has 1 fully saturated rings. The molecule has 0 saturated carbocycles. The number of hydrogen-bond donors (Lipinski definition) is 1. The fraction of sp³-hybridized carbons (Fsp3) is 0.238.